The van der Waals surface area contributed by atoms with Gasteiger partial charge in [0.05, 0.1) is 12.7 Å². The van der Waals surface area contributed by atoms with Gasteiger partial charge < -0.3 is 15.0 Å². The topological polar surface area (TPSA) is 54.5 Å². The van der Waals surface area contributed by atoms with Gasteiger partial charge in [-0.3, -0.25) is 4.79 Å². The number of anilines is 1. The van der Waals surface area contributed by atoms with Crippen LogP contribution in [0.5, 0.6) is 5.75 Å². The molecule has 5 nitrogen and oxygen atoms in total. The van der Waals surface area contributed by atoms with Gasteiger partial charge in [-0.1, -0.05) is 24.3 Å². The van der Waals surface area contributed by atoms with Crippen molar-refractivity contribution in [2.75, 3.05) is 26.1 Å². The minimum atomic E-state index is -0.150. The van der Waals surface area contributed by atoms with Crippen LogP contribution in [0.15, 0.2) is 53.1 Å². The Morgan fingerprint density at radius 1 is 1.19 bits per heavy atom. The number of nitrogens with zero attached hydrogens (tertiary/aromatic N) is 2. The number of hydrogen-bond acceptors (Lipinski definition) is 4. The highest BCUT2D eigenvalue weighted by Crippen LogP contribution is 2.28. The molecule has 3 rings (SSSR count). The molecule has 1 heterocycles. The van der Waals surface area contributed by atoms with Crippen molar-refractivity contribution in [2.45, 2.75) is 6.54 Å². The molecule has 0 aliphatic heterocycles. The summed E-state index contributed by atoms with van der Waals surface area (Å²) in [7, 11) is 5.59. The lowest BCUT2D eigenvalue weighted by Crippen LogP contribution is -2.23. The Morgan fingerprint density at radius 2 is 1.92 bits per heavy atom. The molecule has 2 aromatic carbocycles. The molecule has 0 saturated carbocycles. The Bertz CT molecular complexity index is 940. The number of pyridine rings is 1. The van der Waals surface area contributed by atoms with E-state index in [1.807, 2.05) is 61.5 Å². The van der Waals surface area contributed by atoms with Gasteiger partial charge in [0.1, 0.15) is 15.9 Å². The maximum Gasteiger partial charge on any atom is 0.252 e. The zero-order chi connectivity index (χ0) is 18.7. The molecule has 0 atom stereocenters. The van der Waals surface area contributed by atoms with Gasteiger partial charge in [0.25, 0.3) is 5.91 Å². The molecule has 1 amide bonds. The van der Waals surface area contributed by atoms with Crippen molar-refractivity contribution in [3.63, 3.8) is 0 Å². The molecule has 26 heavy (non-hydrogen) atoms. The summed E-state index contributed by atoms with van der Waals surface area (Å²) >= 11 is 3.38. The fourth-order valence-electron chi connectivity index (χ4n) is 2.73. The molecule has 0 spiro atoms. The zero-order valence-electron chi connectivity index (χ0n) is 14.9. The first-order valence-electron chi connectivity index (χ1n) is 8.17. The number of para-hydroxylation sites is 1. The summed E-state index contributed by atoms with van der Waals surface area (Å²) < 4.78 is 5.95. The summed E-state index contributed by atoms with van der Waals surface area (Å²) in [5.74, 6) is 0.486. The Morgan fingerprint density at radius 3 is 2.58 bits per heavy atom. The largest absolute Gasteiger partial charge is 0.494 e. The van der Waals surface area contributed by atoms with E-state index in [0.717, 1.165) is 16.6 Å². The van der Waals surface area contributed by atoms with Crippen molar-refractivity contribution < 1.29 is 9.53 Å². The second kappa shape index (κ2) is 7.74. The molecule has 134 valence electrons. The molecular formula is C20H20BrN3O2. The fraction of sp³-hybridized carbons (Fsp3) is 0.200. The summed E-state index contributed by atoms with van der Waals surface area (Å²) in [5, 5.41) is 3.74. The van der Waals surface area contributed by atoms with Crippen LogP contribution in [0.3, 0.4) is 0 Å². The van der Waals surface area contributed by atoms with E-state index in [2.05, 4.69) is 26.2 Å². The van der Waals surface area contributed by atoms with Gasteiger partial charge in [-0.05, 0) is 45.8 Å². The molecule has 1 N–H and O–H groups in total. The minimum absolute atomic E-state index is 0.150. The number of halogens is 1. The quantitative estimate of drug-likeness (QED) is 0.642. The van der Waals surface area contributed by atoms with Gasteiger partial charge in [-0.15, -0.1) is 0 Å². The Labute approximate surface area is 161 Å². The number of benzene rings is 2. The molecule has 1 aromatic heterocycles. The highest BCUT2D eigenvalue weighted by molar-refractivity contribution is 9.10. The van der Waals surface area contributed by atoms with E-state index >= 15 is 0 Å². The van der Waals surface area contributed by atoms with Crippen LogP contribution in [0.2, 0.25) is 0 Å². The third-order valence-corrected chi connectivity index (χ3v) is 4.55. The number of carbonyl (C=O) groups excluding carboxylic acids is 1. The Hall–Kier alpha value is -2.60. The molecule has 3 aromatic rings. The predicted molar refractivity (Wildman–Crippen MR) is 108 cm³/mol. The number of methoxy groups -OCH3 is 1. The smallest absolute Gasteiger partial charge is 0.252 e. The Balaban J connectivity index is 1.84. The Kier molecular flexibility index (Phi) is 5.42. The molecule has 6 heteroatoms. The van der Waals surface area contributed by atoms with Crippen LogP contribution < -0.4 is 15.0 Å². The lowest BCUT2D eigenvalue weighted by Gasteiger charge is -2.13. The molecule has 0 radical (unpaired) electrons. The van der Waals surface area contributed by atoms with Crippen molar-refractivity contribution in [3.05, 3.63) is 64.3 Å². The second-order valence-corrected chi connectivity index (χ2v) is 6.91. The number of ether oxygens (including phenoxy) is 1. The summed E-state index contributed by atoms with van der Waals surface area (Å²) in [4.78, 5) is 19.2. The van der Waals surface area contributed by atoms with Crippen LogP contribution in [0, 0.1) is 0 Å². The van der Waals surface area contributed by atoms with Crippen LogP contribution in [0.25, 0.3) is 10.9 Å². The van der Waals surface area contributed by atoms with Crippen molar-refractivity contribution >= 4 is 38.4 Å². The van der Waals surface area contributed by atoms with Gasteiger partial charge in [0.15, 0.2) is 0 Å². The van der Waals surface area contributed by atoms with E-state index in [-0.39, 0.29) is 5.91 Å². The lowest BCUT2D eigenvalue weighted by atomic mass is 10.1. The van der Waals surface area contributed by atoms with Crippen molar-refractivity contribution in [1.82, 2.24) is 10.3 Å². The number of carbonyl (C=O) groups is 1. The van der Waals surface area contributed by atoms with Crippen LogP contribution in [0.1, 0.15) is 15.9 Å². The van der Waals surface area contributed by atoms with Crippen LogP contribution in [-0.4, -0.2) is 32.1 Å². The van der Waals surface area contributed by atoms with Crippen molar-refractivity contribution in [3.8, 4) is 5.75 Å². The molecule has 0 unspecified atom stereocenters. The van der Waals surface area contributed by atoms with Crippen LogP contribution in [0.4, 0.5) is 5.69 Å². The van der Waals surface area contributed by atoms with E-state index < -0.39 is 0 Å². The molecule has 0 bridgehead atoms. The van der Waals surface area contributed by atoms with Crippen LogP contribution in [-0.2, 0) is 6.54 Å². The molecular weight excluding hydrogens is 394 g/mol. The third kappa shape index (κ3) is 3.80. The maximum absolute atomic E-state index is 12.8. The average Bonchev–Trinajstić information content (AvgIpc) is 2.65. The van der Waals surface area contributed by atoms with Crippen LogP contribution >= 0.6 is 15.9 Å². The van der Waals surface area contributed by atoms with E-state index in [1.165, 1.54) is 0 Å². The second-order valence-electron chi connectivity index (χ2n) is 6.09. The standard InChI is InChI=1S/C20H20BrN3O2/c1-24(2)14-9-7-13(8-10-14)12-22-20(25)16-11-18(21)23-19-15(16)5-4-6-17(19)26-3/h4-11H,12H2,1-3H3,(H,22,25). The lowest BCUT2D eigenvalue weighted by molar-refractivity contribution is 0.0952. The fourth-order valence-corrected chi connectivity index (χ4v) is 3.14. The van der Waals surface area contributed by atoms with E-state index in [4.69, 9.17) is 4.74 Å². The van der Waals surface area contributed by atoms with Gasteiger partial charge in [-0.2, -0.15) is 0 Å². The minimum Gasteiger partial charge on any atom is -0.494 e. The molecule has 0 saturated heterocycles. The molecule has 0 fully saturated rings. The van der Waals surface area contributed by atoms with E-state index in [1.54, 1.807) is 13.2 Å². The first kappa shape index (κ1) is 18.2. The number of hydrogen-bond donors (Lipinski definition) is 1. The van der Waals surface area contributed by atoms with Gasteiger partial charge in [0.2, 0.25) is 0 Å². The summed E-state index contributed by atoms with van der Waals surface area (Å²) in [6, 6.07) is 15.4. The highest BCUT2D eigenvalue weighted by Gasteiger charge is 2.14. The maximum atomic E-state index is 12.8. The first-order valence-corrected chi connectivity index (χ1v) is 8.96. The zero-order valence-corrected chi connectivity index (χ0v) is 16.5. The molecule has 0 aliphatic rings. The predicted octanol–water partition coefficient (Wildman–Crippen LogP) is 4.00. The monoisotopic (exact) mass is 413 g/mol. The summed E-state index contributed by atoms with van der Waals surface area (Å²) in [6.07, 6.45) is 0. The van der Waals surface area contributed by atoms with Gasteiger partial charge in [-0.25, -0.2) is 4.98 Å². The molecule has 0 aliphatic carbocycles. The van der Waals surface area contributed by atoms with Crippen molar-refractivity contribution in [1.29, 1.82) is 0 Å². The number of amides is 1. The number of aromatic nitrogens is 1. The number of fused-ring (bicyclic) bond motifs is 1. The van der Waals surface area contributed by atoms with E-state index in [9.17, 15) is 4.79 Å². The normalized spacial score (nSPS) is 10.6. The average molecular weight is 414 g/mol. The summed E-state index contributed by atoms with van der Waals surface area (Å²) in [6.45, 7) is 0.456. The van der Waals surface area contributed by atoms with Gasteiger partial charge >= 0.3 is 0 Å². The SMILES string of the molecule is COc1cccc2c(C(=O)NCc3ccc(N(C)C)cc3)cc(Br)nc12. The summed E-state index contributed by atoms with van der Waals surface area (Å²) in [5.41, 5.74) is 3.38. The first-order chi connectivity index (χ1) is 12.5. The number of rotatable bonds is 5. The third-order valence-electron chi connectivity index (χ3n) is 4.14. The van der Waals surface area contributed by atoms with Crippen molar-refractivity contribution in [2.24, 2.45) is 0 Å². The highest BCUT2D eigenvalue weighted by atomic mass is 79.9. The van der Waals surface area contributed by atoms with Gasteiger partial charge in [0, 0.05) is 31.7 Å². The number of nitrogens with one attached hydrogen (secondary N) is 1. The van der Waals surface area contributed by atoms with E-state index in [0.29, 0.717) is 28.0 Å².